The van der Waals surface area contributed by atoms with E-state index in [0.717, 1.165) is 16.9 Å². The van der Waals surface area contributed by atoms with Gasteiger partial charge >= 0.3 is 5.97 Å². The van der Waals surface area contributed by atoms with E-state index < -0.39 is 17.4 Å². The minimum absolute atomic E-state index is 0.147. The minimum atomic E-state index is -0.623. The second kappa shape index (κ2) is 12.2. The van der Waals surface area contributed by atoms with E-state index in [1.807, 2.05) is 19.1 Å². The van der Waals surface area contributed by atoms with Crippen molar-refractivity contribution < 1.29 is 23.5 Å². The summed E-state index contributed by atoms with van der Waals surface area (Å²) in [6.07, 6.45) is 1.54. The molecule has 1 N–H and O–H groups in total. The van der Waals surface area contributed by atoms with Crippen LogP contribution in [0.5, 0.6) is 0 Å². The van der Waals surface area contributed by atoms with Crippen molar-refractivity contribution in [1.82, 2.24) is 4.57 Å². The van der Waals surface area contributed by atoms with Gasteiger partial charge in [-0.25, -0.2) is 4.79 Å². The number of esters is 1. The Kier molecular flexibility index (Phi) is 8.56. The summed E-state index contributed by atoms with van der Waals surface area (Å²) in [5.41, 5.74) is 1.79. The molecule has 10 heteroatoms. The highest BCUT2D eigenvalue weighted by atomic mass is 32.1. The number of carbonyl (C=O) groups excluding carboxylic acids is 2. The van der Waals surface area contributed by atoms with Crippen LogP contribution in [0.4, 0.5) is 5.69 Å². The zero-order valence-electron chi connectivity index (χ0n) is 21.5. The van der Waals surface area contributed by atoms with Crippen LogP contribution in [0.3, 0.4) is 0 Å². The molecule has 1 amide bonds. The third-order valence-electron chi connectivity index (χ3n) is 5.75. The average molecular weight is 544 g/mol. The molecule has 198 valence electrons. The highest BCUT2D eigenvalue weighted by molar-refractivity contribution is 7.07. The SMILES string of the molecule is COCCn1c(=O)/c(=C\c2ccc(-c3ccccc3C(=O)OC)o2)s/c1=C(\C#N)C(=O)Nc1cccc(C)c1. The quantitative estimate of drug-likeness (QED) is 0.339. The van der Waals surface area contributed by atoms with Crippen LogP contribution in [0.25, 0.3) is 23.0 Å². The number of furan rings is 1. The van der Waals surface area contributed by atoms with Crippen LogP contribution in [-0.4, -0.2) is 37.3 Å². The predicted octanol–water partition coefficient (Wildman–Crippen LogP) is 3.05. The Labute approximate surface area is 227 Å². The summed E-state index contributed by atoms with van der Waals surface area (Å²) in [7, 11) is 2.80. The van der Waals surface area contributed by atoms with Crippen molar-refractivity contribution in [3.05, 3.63) is 97.1 Å². The molecule has 0 bridgehead atoms. The van der Waals surface area contributed by atoms with E-state index in [1.54, 1.807) is 54.6 Å². The standard InChI is InChI=1S/C29H25N3O6S/c1-18-7-6-8-19(15-18)31-26(33)23(17-30)28-32(13-14-36-2)27(34)25(39-28)16-20-11-12-24(38-20)21-9-4-5-10-22(21)29(35)37-3/h4-12,15-16H,13-14H2,1-3H3,(H,31,33)/b25-16+,28-23+. The second-order valence-corrected chi connectivity index (χ2v) is 9.45. The van der Waals surface area contributed by atoms with Gasteiger partial charge in [0.25, 0.3) is 11.5 Å². The van der Waals surface area contributed by atoms with Gasteiger partial charge in [-0.05, 0) is 42.8 Å². The van der Waals surface area contributed by atoms with E-state index in [4.69, 9.17) is 13.9 Å². The highest BCUT2D eigenvalue weighted by Gasteiger charge is 2.18. The zero-order valence-corrected chi connectivity index (χ0v) is 22.3. The molecule has 0 spiro atoms. The first-order valence-electron chi connectivity index (χ1n) is 11.9. The van der Waals surface area contributed by atoms with Crippen LogP contribution in [0.1, 0.15) is 21.7 Å². The van der Waals surface area contributed by atoms with Crippen molar-refractivity contribution in [2.24, 2.45) is 0 Å². The van der Waals surface area contributed by atoms with Gasteiger partial charge in [-0.15, -0.1) is 11.3 Å². The number of benzene rings is 2. The second-order valence-electron chi connectivity index (χ2n) is 8.41. The molecule has 0 radical (unpaired) electrons. The van der Waals surface area contributed by atoms with Gasteiger partial charge in [-0.1, -0.05) is 30.3 Å². The Balaban J connectivity index is 1.80. The number of anilines is 1. The van der Waals surface area contributed by atoms with Crippen molar-refractivity contribution in [2.45, 2.75) is 13.5 Å². The normalized spacial score (nSPS) is 12.1. The van der Waals surface area contributed by atoms with E-state index in [2.05, 4.69) is 5.32 Å². The monoisotopic (exact) mass is 543 g/mol. The summed E-state index contributed by atoms with van der Waals surface area (Å²) < 4.78 is 17.8. The van der Waals surface area contributed by atoms with E-state index in [0.29, 0.717) is 28.3 Å². The van der Waals surface area contributed by atoms with E-state index in [9.17, 15) is 19.6 Å². The molecule has 2 aromatic carbocycles. The van der Waals surface area contributed by atoms with E-state index >= 15 is 0 Å². The lowest BCUT2D eigenvalue weighted by Gasteiger charge is -2.06. The van der Waals surface area contributed by atoms with Gasteiger partial charge in [-0.2, -0.15) is 5.26 Å². The predicted molar refractivity (Wildman–Crippen MR) is 148 cm³/mol. The van der Waals surface area contributed by atoms with E-state index in [-0.39, 0.29) is 27.9 Å². The number of nitriles is 1. The van der Waals surface area contributed by atoms with Crippen molar-refractivity contribution in [1.29, 1.82) is 5.26 Å². The number of thiazole rings is 1. The number of aromatic nitrogens is 1. The fourth-order valence-electron chi connectivity index (χ4n) is 3.89. The molecular formula is C29H25N3O6S. The molecule has 4 aromatic rings. The van der Waals surface area contributed by atoms with Gasteiger partial charge in [0, 0.05) is 24.4 Å². The fraction of sp³-hybridized carbons (Fsp3) is 0.172. The first-order chi connectivity index (χ1) is 18.9. The van der Waals surface area contributed by atoms with E-state index in [1.165, 1.54) is 24.9 Å². The largest absolute Gasteiger partial charge is 0.465 e. The number of hydrogen-bond acceptors (Lipinski definition) is 8. The summed E-state index contributed by atoms with van der Waals surface area (Å²) in [6, 6.07) is 19.4. The molecule has 0 aliphatic rings. The molecule has 2 heterocycles. The summed E-state index contributed by atoms with van der Waals surface area (Å²) in [4.78, 5) is 38.6. The van der Waals surface area contributed by atoms with Crippen LogP contribution in [0.2, 0.25) is 0 Å². The molecule has 4 rings (SSSR count). The maximum atomic E-state index is 13.3. The Hall–Kier alpha value is -4.72. The number of methoxy groups -OCH3 is 2. The van der Waals surface area contributed by atoms with Crippen molar-refractivity contribution in [2.75, 3.05) is 26.1 Å². The fourth-order valence-corrected chi connectivity index (χ4v) is 5.00. The molecule has 0 unspecified atom stereocenters. The number of aryl methyl sites for hydroxylation is 1. The highest BCUT2D eigenvalue weighted by Crippen LogP contribution is 2.26. The number of ether oxygens (including phenoxy) is 2. The van der Waals surface area contributed by atoms with Crippen LogP contribution in [0.15, 0.2) is 69.9 Å². The number of nitrogens with zero attached hydrogens (tertiary/aromatic N) is 2. The van der Waals surface area contributed by atoms with Gasteiger partial charge in [0.05, 0.1) is 30.4 Å². The Morgan fingerprint density at radius 1 is 1.13 bits per heavy atom. The summed E-state index contributed by atoms with van der Waals surface area (Å²) >= 11 is 1.01. The maximum Gasteiger partial charge on any atom is 0.338 e. The molecule has 39 heavy (non-hydrogen) atoms. The van der Waals surface area contributed by atoms with Gasteiger partial charge in [0.2, 0.25) is 0 Å². The molecule has 0 fully saturated rings. The molecule has 2 aromatic heterocycles. The van der Waals surface area contributed by atoms with Crippen molar-refractivity contribution >= 4 is 40.5 Å². The van der Waals surface area contributed by atoms with Crippen molar-refractivity contribution in [3.8, 4) is 17.4 Å². The minimum Gasteiger partial charge on any atom is -0.465 e. The molecule has 0 atom stereocenters. The first kappa shape index (κ1) is 27.3. The molecule has 9 nitrogen and oxygen atoms in total. The first-order valence-corrected chi connectivity index (χ1v) is 12.7. The Morgan fingerprint density at radius 2 is 1.92 bits per heavy atom. The zero-order chi connectivity index (χ0) is 27.9. The van der Waals surface area contributed by atoms with Gasteiger partial charge < -0.3 is 19.2 Å². The number of carbonyl (C=O) groups is 2. The molecule has 0 aliphatic heterocycles. The van der Waals surface area contributed by atoms with Gasteiger partial charge in [0.15, 0.2) is 5.57 Å². The molecule has 0 aliphatic carbocycles. The molecular weight excluding hydrogens is 518 g/mol. The maximum absolute atomic E-state index is 13.3. The van der Waals surface area contributed by atoms with Crippen LogP contribution in [0, 0.1) is 18.3 Å². The number of nitrogens with one attached hydrogen (secondary N) is 1. The summed E-state index contributed by atoms with van der Waals surface area (Å²) in [6.45, 7) is 2.24. The van der Waals surface area contributed by atoms with Crippen LogP contribution >= 0.6 is 11.3 Å². The summed E-state index contributed by atoms with van der Waals surface area (Å²) in [5, 5.41) is 12.6. The molecule has 0 saturated heterocycles. The van der Waals surface area contributed by atoms with Crippen LogP contribution < -0.4 is 20.1 Å². The lowest BCUT2D eigenvalue weighted by molar-refractivity contribution is -0.111. The number of hydrogen-bond donors (Lipinski definition) is 1. The number of rotatable bonds is 8. The average Bonchev–Trinajstić information content (AvgIpc) is 3.52. The Bertz CT molecular complexity index is 1760. The third kappa shape index (κ3) is 6.06. The lowest BCUT2D eigenvalue weighted by atomic mass is 10.1. The molecule has 0 saturated carbocycles. The van der Waals surface area contributed by atoms with Crippen LogP contribution in [-0.2, 0) is 20.8 Å². The van der Waals surface area contributed by atoms with Crippen molar-refractivity contribution in [3.63, 3.8) is 0 Å². The topological polar surface area (TPSA) is 124 Å². The third-order valence-corrected chi connectivity index (χ3v) is 6.88. The lowest BCUT2D eigenvalue weighted by Crippen LogP contribution is -2.34. The van der Waals surface area contributed by atoms with Gasteiger partial charge in [-0.3, -0.25) is 14.2 Å². The number of amides is 1. The smallest absolute Gasteiger partial charge is 0.338 e. The summed E-state index contributed by atoms with van der Waals surface area (Å²) in [5.74, 6) is -0.349. The Morgan fingerprint density at radius 3 is 2.64 bits per heavy atom. The van der Waals surface area contributed by atoms with Gasteiger partial charge in [0.1, 0.15) is 22.3 Å².